The van der Waals surface area contributed by atoms with Crippen molar-refractivity contribution in [2.45, 2.75) is 0 Å². The van der Waals surface area contributed by atoms with Crippen molar-refractivity contribution in [3.63, 3.8) is 0 Å². The standard InChI is InChI=1S/C20H22N4O5/c1-27-11-9-21-20(26)18-23-17(15-6-4-5-10-24(15)18)19(25)22-14-8-7-13(28-2)12-16(14)29-3/h4-8,10,12H,9,11H2,1-3H3,(H,21,26)(H,22,25). The van der Waals surface area contributed by atoms with Gasteiger partial charge in [-0.2, -0.15) is 0 Å². The summed E-state index contributed by atoms with van der Waals surface area (Å²) in [5, 5.41) is 5.49. The third kappa shape index (κ3) is 4.30. The Morgan fingerprint density at radius 1 is 1.07 bits per heavy atom. The molecular weight excluding hydrogens is 376 g/mol. The lowest BCUT2D eigenvalue weighted by Crippen LogP contribution is -2.28. The first-order chi connectivity index (χ1) is 14.1. The summed E-state index contributed by atoms with van der Waals surface area (Å²) in [7, 11) is 4.59. The number of pyridine rings is 1. The largest absolute Gasteiger partial charge is 0.497 e. The fourth-order valence-electron chi connectivity index (χ4n) is 2.79. The molecule has 152 valence electrons. The summed E-state index contributed by atoms with van der Waals surface area (Å²) >= 11 is 0. The highest BCUT2D eigenvalue weighted by atomic mass is 16.5. The summed E-state index contributed by atoms with van der Waals surface area (Å²) in [4.78, 5) is 29.7. The summed E-state index contributed by atoms with van der Waals surface area (Å²) in [6.07, 6.45) is 1.68. The number of methoxy groups -OCH3 is 3. The zero-order valence-electron chi connectivity index (χ0n) is 16.4. The Balaban J connectivity index is 1.91. The molecule has 29 heavy (non-hydrogen) atoms. The maximum Gasteiger partial charge on any atom is 0.287 e. The van der Waals surface area contributed by atoms with Crippen molar-refractivity contribution >= 4 is 23.0 Å². The molecule has 2 N–H and O–H groups in total. The van der Waals surface area contributed by atoms with Gasteiger partial charge in [-0.1, -0.05) is 6.07 Å². The van der Waals surface area contributed by atoms with Gasteiger partial charge in [0.2, 0.25) is 5.82 Å². The molecule has 0 aliphatic rings. The number of anilines is 1. The monoisotopic (exact) mass is 398 g/mol. The second-order valence-corrected chi connectivity index (χ2v) is 6.01. The van der Waals surface area contributed by atoms with Crippen molar-refractivity contribution in [3.05, 3.63) is 54.1 Å². The predicted molar refractivity (Wildman–Crippen MR) is 107 cm³/mol. The number of rotatable bonds is 8. The Morgan fingerprint density at radius 2 is 1.90 bits per heavy atom. The molecule has 9 nitrogen and oxygen atoms in total. The molecule has 1 aromatic carbocycles. The predicted octanol–water partition coefficient (Wildman–Crippen LogP) is 1.98. The molecule has 0 bridgehead atoms. The molecule has 0 fully saturated rings. The van der Waals surface area contributed by atoms with E-state index >= 15 is 0 Å². The maximum absolute atomic E-state index is 12.9. The third-order valence-corrected chi connectivity index (χ3v) is 4.22. The van der Waals surface area contributed by atoms with E-state index < -0.39 is 11.8 Å². The van der Waals surface area contributed by atoms with Crippen LogP contribution in [0.4, 0.5) is 5.69 Å². The Morgan fingerprint density at radius 3 is 2.62 bits per heavy atom. The Bertz CT molecular complexity index is 1030. The van der Waals surface area contributed by atoms with Crippen molar-refractivity contribution in [2.24, 2.45) is 0 Å². The highest BCUT2D eigenvalue weighted by Gasteiger charge is 2.22. The molecule has 0 radical (unpaired) electrons. The summed E-state index contributed by atoms with van der Waals surface area (Å²) in [5.74, 6) is 0.294. The Kier molecular flexibility index (Phi) is 6.30. The number of hydrogen-bond donors (Lipinski definition) is 2. The van der Waals surface area contributed by atoms with Crippen molar-refractivity contribution < 1.29 is 23.8 Å². The Labute approximate surface area is 167 Å². The van der Waals surface area contributed by atoms with E-state index in [1.165, 1.54) is 7.11 Å². The van der Waals surface area contributed by atoms with Crippen LogP contribution in [-0.2, 0) is 4.74 Å². The number of imidazole rings is 1. The second kappa shape index (κ2) is 9.07. The number of ether oxygens (including phenoxy) is 3. The number of nitrogens with one attached hydrogen (secondary N) is 2. The highest BCUT2D eigenvalue weighted by molar-refractivity contribution is 6.09. The number of hydrogen-bond acceptors (Lipinski definition) is 6. The van der Waals surface area contributed by atoms with Gasteiger partial charge in [0.15, 0.2) is 5.69 Å². The molecule has 0 aliphatic heterocycles. The van der Waals surface area contributed by atoms with Crippen LogP contribution in [-0.4, -0.2) is 55.7 Å². The van der Waals surface area contributed by atoms with E-state index in [0.29, 0.717) is 35.9 Å². The molecule has 2 heterocycles. The van der Waals surface area contributed by atoms with Crippen LogP contribution in [0.5, 0.6) is 11.5 Å². The summed E-state index contributed by atoms with van der Waals surface area (Å²) in [6, 6.07) is 10.3. The van der Waals surface area contributed by atoms with Crippen LogP contribution >= 0.6 is 0 Å². The number of fused-ring (bicyclic) bond motifs is 1. The van der Waals surface area contributed by atoms with E-state index in [2.05, 4.69) is 15.6 Å². The van der Waals surface area contributed by atoms with Gasteiger partial charge in [-0.25, -0.2) is 4.98 Å². The van der Waals surface area contributed by atoms with Gasteiger partial charge >= 0.3 is 0 Å². The molecule has 0 saturated heterocycles. The van der Waals surface area contributed by atoms with E-state index in [1.807, 2.05) is 0 Å². The van der Waals surface area contributed by atoms with E-state index in [9.17, 15) is 9.59 Å². The number of carbonyl (C=O) groups excluding carboxylic acids is 2. The van der Waals surface area contributed by atoms with Gasteiger partial charge in [-0.3, -0.25) is 14.0 Å². The first kappa shape index (κ1) is 20.2. The van der Waals surface area contributed by atoms with Crippen LogP contribution in [0.2, 0.25) is 0 Å². The SMILES string of the molecule is COCCNC(=O)c1nc(C(=O)Nc2ccc(OC)cc2OC)c2ccccn12. The second-order valence-electron chi connectivity index (χ2n) is 6.01. The minimum Gasteiger partial charge on any atom is -0.497 e. The first-order valence-corrected chi connectivity index (χ1v) is 8.86. The van der Waals surface area contributed by atoms with Crippen LogP contribution in [0, 0.1) is 0 Å². The molecule has 0 aliphatic carbocycles. The fraction of sp³-hybridized carbons (Fsp3) is 0.250. The van der Waals surface area contributed by atoms with Gasteiger partial charge in [0.25, 0.3) is 11.8 Å². The van der Waals surface area contributed by atoms with Gasteiger partial charge in [-0.15, -0.1) is 0 Å². The van der Waals surface area contributed by atoms with Gasteiger partial charge in [-0.05, 0) is 24.3 Å². The first-order valence-electron chi connectivity index (χ1n) is 8.86. The molecule has 3 aromatic rings. The smallest absolute Gasteiger partial charge is 0.287 e. The minimum atomic E-state index is -0.465. The van der Waals surface area contributed by atoms with E-state index in [0.717, 1.165) is 0 Å². The minimum absolute atomic E-state index is 0.114. The van der Waals surface area contributed by atoms with Crippen LogP contribution < -0.4 is 20.1 Å². The van der Waals surface area contributed by atoms with Crippen molar-refractivity contribution in [3.8, 4) is 11.5 Å². The topological polar surface area (TPSA) is 103 Å². The molecule has 9 heteroatoms. The number of benzene rings is 1. The summed E-state index contributed by atoms with van der Waals surface area (Å²) < 4.78 is 17.0. The van der Waals surface area contributed by atoms with Crippen LogP contribution in [0.15, 0.2) is 42.6 Å². The molecule has 0 atom stereocenters. The molecular formula is C20H22N4O5. The molecule has 2 aromatic heterocycles. The number of aromatic nitrogens is 2. The third-order valence-electron chi connectivity index (χ3n) is 4.22. The number of nitrogens with zero attached hydrogens (tertiary/aromatic N) is 2. The van der Waals surface area contributed by atoms with E-state index in [-0.39, 0.29) is 11.5 Å². The lowest BCUT2D eigenvalue weighted by Gasteiger charge is -2.11. The van der Waals surface area contributed by atoms with Crippen molar-refractivity contribution in [1.29, 1.82) is 0 Å². The van der Waals surface area contributed by atoms with Crippen LogP contribution in [0.3, 0.4) is 0 Å². The normalized spacial score (nSPS) is 10.6. The van der Waals surface area contributed by atoms with E-state index in [4.69, 9.17) is 14.2 Å². The van der Waals surface area contributed by atoms with Crippen LogP contribution in [0.25, 0.3) is 5.52 Å². The zero-order chi connectivity index (χ0) is 20.8. The molecule has 0 saturated carbocycles. The average Bonchev–Trinajstić information content (AvgIpc) is 3.14. The molecule has 3 rings (SSSR count). The van der Waals surface area contributed by atoms with Gasteiger partial charge in [0.1, 0.15) is 11.5 Å². The molecule has 2 amide bonds. The van der Waals surface area contributed by atoms with Crippen molar-refractivity contribution in [1.82, 2.24) is 14.7 Å². The van der Waals surface area contributed by atoms with E-state index in [1.54, 1.807) is 61.2 Å². The van der Waals surface area contributed by atoms with Crippen LogP contribution in [0.1, 0.15) is 21.1 Å². The zero-order valence-corrected chi connectivity index (χ0v) is 16.4. The lowest BCUT2D eigenvalue weighted by atomic mass is 10.2. The van der Waals surface area contributed by atoms with Crippen molar-refractivity contribution in [2.75, 3.05) is 39.8 Å². The number of amides is 2. The Hall–Kier alpha value is -3.59. The average molecular weight is 398 g/mol. The maximum atomic E-state index is 12.9. The quantitative estimate of drug-likeness (QED) is 0.563. The van der Waals surface area contributed by atoms with Gasteiger partial charge in [0.05, 0.1) is 32.0 Å². The molecule has 0 spiro atoms. The molecule has 0 unspecified atom stereocenters. The van der Waals surface area contributed by atoms with Gasteiger partial charge < -0.3 is 24.8 Å². The lowest BCUT2D eigenvalue weighted by molar-refractivity contribution is 0.0926. The summed E-state index contributed by atoms with van der Waals surface area (Å²) in [5.41, 5.74) is 1.09. The summed E-state index contributed by atoms with van der Waals surface area (Å²) in [6.45, 7) is 0.710. The highest BCUT2D eigenvalue weighted by Crippen LogP contribution is 2.29. The number of carbonyl (C=O) groups is 2. The fourth-order valence-corrected chi connectivity index (χ4v) is 2.79. The van der Waals surface area contributed by atoms with Gasteiger partial charge in [0, 0.05) is 25.9 Å².